The standard InChI is InChI=1S/C14H20BrNO/c1-5-14(3,4)9-16-13(17)12-8-11(15)7-6-10(12)2/h6-8H,5,9H2,1-4H3,(H,16,17). The minimum absolute atomic E-state index is 0.00493. The van der Waals surface area contributed by atoms with Gasteiger partial charge < -0.3 is 5.32 Å². The lowest BCUT2D eigenvalue weighted by Gasteiger charge is -2.23. The summed E-state index contributed by atoms with van der Waals surface area (Å²) < 4.78 is 0.933. The van der Waals surface area contributed by atoms with E-state index in [1.807, 2.05) is 25.1 Å². The number of carbonyl (C=O) groups is 1. The molecule has 0 bridgehead atoms. The maximum absolute atomic E-state index is 12.0. The summed E-state index contributed by atoms with van der Waals surface area (Å²) in [7, 11) is 0. The summed E-state index contributed by atoms with van der Waals surface area (Å²) in [5.41, 5.74) is 1.89. The number of aryl methyl sites for hydroxylation is 1. The Hall–Kier alpha value is -0.830. The van der Waals surface area contributed by atoms with E-state index in [1.165, 1.54) is 0 Å². The normalized spacial score (nSPS) is 11.4. The van der Waals surface area contributed by atoms with E-state index in [4.69, 9.17) is 0 Å². The minimum Gasteiger partial charge on any atom is -0.351 e. The molecule has 0 spiro atoms. The fraction of sp³-hybridized carbons (Fsp3) is 0.500. The van der Waals surface area contributed by atoms with Crippen molar-refractivity contribution in [3.63, 3.8) is 0 Å². The maximum Gasteiger partial charge on any atom is 0.251 e. The van der Waals surface area contributed by atoms with Gasteiger partial charge in [0.1, 0.15) is 0 Å². The Morgan fingerprint density at radius 3 is 2.65 bits per heavy atom. The first-order valence-corrected chi connectivity index (χ1v) is 6.69. The van der Waals surface area contributed by atoms with Crippen molar-refractivity contribution in [2.75, 3.05) is 6.54 Å². The molecule has 0 aliphatic heterocycles. The topological polar surface area (TPSA) is 29.1 Å². The van der Waals surface area contributed by atoms with Crippen LogP contribution in [0.2, 0.25) is 0 Å². The van der Waals surface area contributed by atoms with Gasteiger partial charge in [0.15, 0.2) is 0 Å². The second kappa shape index (κ2) is 5.67. The number of halogens is 1. The van der Waals surface area contributed by atoms with Gasteiger partial charge in [0.05, 0.1) is 0 Å². The van der Waals surface area contributed by atoms with E-state index < -0.39 is 0 Å². The Morgan fingerprint density at radius 1 is 1.41 bits per heavy atom. The van der Waals surface area contributed by atoms with Gasteiger partial charge in [-0.25, -0.2) is 0 Å². The predicted octanol–water partition coefficient (Wildman–Crippen LogP) is 3.92. The van der Waals surface area contributed by atoms with Crippen molar-refractivity contribution < 1.29 is 4.79 Å². The van der Waals surface area contributed by atoms with Crippen molar-refractivity contribution in [2.24, 2.45) is 5.41 Å². The fourth-order valence-corrected chi connectivity index (χ4v) is 1.74. The molecule has 0 saturated heterocycles. The Kier molecular flexibility index (Phi) is 4.75. The highest BCUT2D eigenvalue weighted by Crippen LogP contribution is 2.19. The largest absolute Gasteiger partial charge is 0.351 e. The molecule has 0 radical (unpaired) electrons. The lowest BCUT2D eigenvalue weighted by Crippen LogP contribution is -2.33. The Labute approximate surface area is 112 Å². The van der Waals surface area contributed by atoms with Gasteiger partial charge in [0.2, 0.25) is 0 Å². The van der Waals surface area contributed by atoms with Gasteiger partial charge in [0.25, 0.3) is 5.91 Å². The highest BCUT2D eigenvalue weighted by molar-refractivity contribution is 9.10. The summed E-state index contributed by atoms with van der Waals surface area (Å²) in [5, 5.41) is 3.00. The number of nitrogens with one attached hydrogen (secondary N) is 1. The van der Waals surface area contributed by atoms with Crippen LogP contribution >= 0.6 is 15.9 Å². The molecular formula is C14H20BrNO. The Bertz CT molecular complexity index is 413. The van der Waals surface area contributed by atoms with E-state index in [9.17, 15) is 4.79 Å². The summed E-state index contributed by atoms with van der Waals surface area (Å²) in [5.74, 6) is 0.00493. The molecular weight excluding hydrogens is 278 g/mol. The van der Waals surface area contributed by atoms with E-state index in [-0.39, 0.29) is 11.3 Å². The first-order valence-electron chi connectivity index (χ1n) is 5.90. The van der Waals surface area contributed by atoms with Gasteiger partial charge in [-0.1, -0.05) is 42.8 Å². The van der Waals surface area contributed by atoms with Crippen molar-refractivity contribution in [3.05, 3.63) is 33.8 Å². The Morgan fingerprint density at radius 2 is 2.06 bits per heavy atom. The molecule has 1 aromatic carbocycles. The zero-order chi connectivity index (χ0) is 13.1. The van der Waals surface area contributed by atoms with Crippen molar-refractivity contribution in [1.29, 1.82) is 0 Å². The summed E-state index contributed by atoms with van der Waals surface area (Å²) >= 11 is 3.39. The zero-order valence-electron chi connectivity index (χ0n) is 10.9. The molecule has 17 heavy (non-hydrogen) atoms. The summed E-state index contributed by atoms with van der Waals surface area (Å²) in [6.45, 7) is 9.10. The number of hydrogen-bond donors (Lipinski definition) is 1. The first kappa shape index (κ1) is 14.2. The monoisotopic (exact) mass is 297 g/mol. The molecule has 0 aliphatic rings. The van der Waals surface area contributed by atoms with E-state index in [2.05, 4.69) is 42.0 Å². The molecule has 0 aromatic heterocycles. The molecule has 0 saturated carbocycles. The minimum atomic E-state index is 0.00493. The molecule has 1 rings (SSSR count). The molecule has 1 amide bonds. The molecule has 2 nitrogen and oxygen atoms in total. The summed E-state index contributed by atoms with van der Waals surface area (Å²) in [6.07, 6.45) is 1.05. The van der Waals surface area contributed by atoms with Crippen molar-refractivity contribution in [1.82, 2.24) is 5.32 Å². The highest BCUT2D eigenvalue weighted by Gasteiger charge is 2.17. The predicted molar refractivity (Wildman–Crippen MR) is 75.3 cm³/mol. The van der Waals surface area contributed by atoms with Crippen molar-refractivity contribution in [3.8, 4) is 0 Å². The first-order chi connectivity index (χ1) is 7.85. The second-order valence-electron chi connectivity index (χ2n) is 5.16. The molecule has 1 N–H and O–H groups in total. The van der Waals surface area contributed by atoms with Crippen molar-refractivity contribution >= 4 is 21.8 Å². The lowest BCUT2D eigenvalue weighted by atomic mass is 9.90. The van der Waals surface area contributed by atoms with Gasteiger partial charge >= 0.3 is 0 Å². The maximum atomic E-state index is 12.0. The lowest BCUT2D eigenvalue weighted by molar-refractivity contribution is 0.0935. The van der Waals surface area contributed by atoms with Gasteiger partial charge in [0, 0.05) is 16.6 Å². The van der Waals surface area contributed by atoms with Crippen LogP contribution in [0, 0.1) is 12.3 Å². The van der Waals surface area contributed by atoms with Crippen LogP contribution in [0.3, 0.4) is 0 Å². The molecule has 0 atom stereocenters. The van der Waals surface area contributed by atoms with E-state index >= 15 is 0 Å². The van der Waals surface area contributed by atoms with Crippen LogP contribution in [0.5, 0.6) is 0 Å². The molecule has 3 heteroatoms. The third-order valence-corrected chi connectivity index (χ3v) is 3.62. The van der Waals surface area contributed by atoms with Gasteiger partial charge in [-0.3, -0.25) is 4.79 Å². The summed E-state index contributed by atoms with van der Waals surface area (Å²) in [4.78, 5) is 12.0. The van der Waals surface area contributed by atoms with E-state index in [0.29, 0.717) is 6.54 Å². The van der Waals surface area contributed by atoms with Crippen molar-refractivity contribution in [2.45, 2.75) is 34.1 Å². The number of rotatable bonds is 4. The fourth-order valence-electron chi connectivity index (χ4n) is 1.38. The molecule has 1 aromatic rings. The van der Waals surface area contributed by atoms with Crippen LogP contribution in [0.4, 0.5) is 0 Å². The number of hydrogen-bond acceptors (Lipinski definition) is 1. The second-order valence-corrected chi connectivity index (χ2v) is 6.08. The zero-order valence-corrected chi connectivity index (χ0v) is 12.5. The molecule has 0 fully saturated rings. The Balaban J connectivity index is 2.74. The smallest absolute Gasteiger partial charge is 0.251 e. The van der Waals surface area contributed by atoms with Gasteiger partial charge in [-0.05, 0) is 36.5 Å². The SMILES string of the molecule is CCC(C)(C)CNC(=O)c1cc(Br)ccc1C. The van der Waals surface area contributed by atoms with Crippen LogP contribution in [0.25, 0.3) is 0 Å². The summed E-state index contributed by atoms with van der Waals surface area (Å²) in [6, 6.07) is 5.76. The third kappa shape index (κ3) is 4.15. The molecule has 94 valence electrons. The third-order valence-electron chi connectivity index (χ3n) is 3.13. The average molecular weight is 298 g/mol. The number of carbonyl (C=O) groups excluding carboxylic acids is 1. The molecule has 0 aliphatic carbocycles. The molecule has 0 unspecified atom stereocenters. The number of amides is 1. The number of benzene rings is 1. The van der Waals surface area contributed by atoms with Gasteiger partial charge in [-0.2, -0.15) is 0 Å². The van der Waals surface area contributed by atoms with Gasteiger partial charge in [-0.15, -0.1) is 0 Å². The van der Waals surface area contributed by atoms with Crippen LogP contribution in [0.1, 0.15) is 43.1 Å². The van der Waals surface area contributed by atoms with Crippen LogP contribution in [0.15, 0.2) is 22.7 Å². The average Bonchev–Trinajstić information content (AvgIpc) is 2.29. The van der Waals surface area contributed by atoms with E-state index in [0.717, 1.165) is 22.0 Å². The quantitative estimate of drug-likeness (QED) is 0.896. The van der Waals surface area contributed by atoms with Crippen LogP contribution in [-0.4, -0.2) is 12.5 Å². The van der Waals surface area contributed by atoms with E-state index in [1.54, 1.807) is 0 Å². The highest BCUT2D eigenvalue weighted by atomic mass is 79.9. The molecule has 0 heterocycles. The van der Waals surface area contributed by atoms with Crippen LogP contribution in [-0.2, 0) is 0 Å². The van der Waals surface area contributed by atoms with Crippen LogP contribution < -0.4 is 5.32 Å².